The van der Waals surface area contributed by atoms with Crippen LogP contribution in [0, 0.1) is 0 Å². The van der Waals surface area contributed by atoms with Crippen LogP contribution in [-0.4, -0.2) is 37.1 Å². The fraction of sp³-hybridized carbons (Fsp3) is 0.368. The Balaban J connectivity index is 1.90. The van der Waals surface area contributed by atoms with E-state index < -0.39 is 10.0 Å². The predicted molar refractivity (Wildman–Crippen MR) is 118 cm³/mol. The molecular weight excluding hydrogens is 414 g/mol. The molecule has 28 heavy (non-hydrogen) atoms. The topological polar surface area (TPSA) is 110 Å². The lowest BCUT2D eigenvalue weighted by atomic mass is 10.0. The summed E-state index contributed by atoms with van der Waals surface area (Å²) in [5, 5.41) is 15.4. The first-order chi connectivity index (χ1) is 13.1. The smallest absolute Gasteiger partial charge is 0.246 e. The Morgan fingerprint density at radius 3 is 2.57 bits per heavy atom. The molecule has 0 saturated carbocycles. The molecule has 6 nitrogen and oxygen atoms in total. The molecule has 0 aliphatic carbocycles. The molecule has 0 aromatic heterocycles. The standard InChI is InChI=1S/C19H25N3O3S3/c1-4-12-9-14(8-11-5-6-15(23)13(7-11)10-22(2)3)26-18-16(12)17(20)19(27-18)28(21,24)25/h5-7,9,18,23H,4,8,10,20H2,1-3H3,(H2,21,24,25). The van der Waals surface area contributed by atoms with Crippen molar-refractivity contribution < 1.29 is 13.5 Å². The van der Waals surface area contributed by atoms with Crippen molar-refractivity contribution in [2.45, 2.75) is 30.9 Å². The van der Waals surface area contributed by atoms with Gasteiger partial charge >= 0.3 is 0 Å². The molecule has 9 heteroatoms. The summed E-state index contributed by atoms with van der Waals surface area (Å²) in [5.41, 5.74) is 10.3. The Morgan fingerprint density at radius 1 is 1.25 bits per heavy atom. The summed E-state index contributed by atoms with van der Waals surface area (Å²) in [6.45, 7) is 2.69. The van der Waals surface area contributed by atoms with Gasteiger partial charge in [-0.1, -0.05) is 30.8 Å². The summed E-state index contributed by atoms with van der Waals surface area (Å²) < 4.78 is 23.7. The van der Waals surface area contributed by atoms with Gasteiger partial charge < -0.3 is 15.7 Å². The number of phenolic OH excluding ortho intramolecular Hbond substituents is 1. The molecule has 2 aliphatic rings. The second-order valence-electron chi connectivity index (χ2n) is 7.09. The maximum absolute atomic E-state index is 11.9. The van der Waals surface area contributed by atoms with E-state index in [1.807, 2.05) is 38.1 Å². The van der Waals surface area contributed by atoms with Gasteiger partial charge in [0.05, 0.1) is 10.3 Å². The third kappa shape index (κ3) is 4.44. The zero-order valence-electron chi connectivity index (χ0n) is 16.1. The zero-order valence-corrected chi connectivity index (χ0v) is 18.5. The zero-order chi connectivity index (χ0) is 20.6. The minimum Gasteiger partial charge on any atom is -0.508 e. The van der Waals surface area contributed by atoms with Crippen LogP contribution >= 0.6 is 23.5 Å². The summed E-state index contributed by atoms with van der Waals surface area (Å²) in [5.74, 6) is 0.292. The highest BCUT2D eigenvalue weighted by atomic mass is 32.3. The second-order valence-corrected chi connectivity index (χ2v) is 11.5. The van der Waals surface area contributed by atoms with Gasteiger partial charge in [-0.05, 0) is 48.7 Å². The Morgan fingerprint density at radius 2 is 1.96 bits per heavy atom. The number of hydrogen-bond donors (Lipinski definition) is 3. The van der Waals surface area contributed by atoms with Gasteiger partial charge in [-0.15, -0.1) is 11.8 Å². The highest BCUT2D eigenvalue weighted by molar-refractivity contribution is 8.27. The maximum Gasteiger partial charge on any atom is 0.246 e. The maximum atomic E-state index is 11.9. The Hall–Kier alpha value is -1.39. The van der Waals surface area contributed by atoms with Gasteiger partial charge in [0, 0.05) is 24.1 Å². The van der Waals surface area contributed by atoms with Crippen molar-refractivity contribution in [2.75, 3.05) is 14.1 Å². The molecule has 2 aliphatic heterocycles. The van der Waals surface area contributed by atoms with Crippen LogP contribution in [-0.2, 0) is 23.0 Å². The molecule has 3 rings (SSSR count). The fourth-order valence-corrected chi connectivity index (χ4v) is 7.57. The number of hydrogen-bond acceptors (Lipinski definition) is 7. The van der Waals surface area contributed by atoms with E-state index in [0.29, 0.717) is 18.7 Å². The van der Waals surface area contributed by atoms with Crippen molar-refractivity contribution in [2.24, 2.45) is 10.9 Å². The summed E-state index contributed by atoms with van der Waals surface area (Å²) >= 11 is 2.83. The van der Waals surface area contributed by atoms with Crippen LogP contribution in [0.2, 0.25) is 0 Å². The molecular formula is C19H25N3O3S3. The van der Waals surface area contributed by atoms with Crippen LogP contribution in [0.5, 0.6) is 5.75 Å². The van der Waals surface area contributed by atoms with Gasteiger partial charge in [-0.3, -0.25) is 0 Å². The summed E-state index contributed by atoms with van der Waals surface area (Å²) in [4.78, 5) is 3.15. The molecule has 0 spiro atoms. The fourth-order valence-electron chi connectivity index (χ4n) is 3.33. The second kappa shape index (κ2) is 8.16. The van der Waals surface area contributed by atoms with E-state index in [2.05, 4.69) is 6.08 Å². The number of aromatic hydroxyl groups is 1. The molecule has 0 bridgehead atoms. The normalized spacial score (nSPS) is 20.0. The molecule has 2 heterocycles. The van der Waals surface area contributed by atoms with Crippen molar-refractivity contribution in [3.63, 3.8) is 0 Å². The van der Waals surface area contributed by atoms with E-state index in [0.717, 1.165) is 33.6 Å². The molecule has 0 amide bonds. The van der Waals surface area contributed by atoms with E-state index in [1.165, 1.54) is 11.8 Å². The van der Waals surface area contributed by atoms with Crippen molar-refractivity contribution in [3.8, 4) is 5.75 Å². The molecule has 1 atom stereocenters. The average molecular weight is 440 g/mol. The molecule has 0 saturated heterocycles. The third-order valence-electron chi connectivity index (χ3n) is 4.55. The van der Waals surface area contributed by atoms with Crippen molar-refractivity contribution in [1.29, 1.82) is 0 Å². The number of phenols is 1. The van der Waals surface area contributed by atoms with Crippen LogP contribution in [0.4, 0.5) is 0 Å². The number of fused-ring (bicyclic) bond motifs is 1. The van der Waals surface area contributed by atoms with Gasteiger partial charge in [0.1, 0.15) is 9.99 Å². The number of sulfonamides is 1. The van der Waals surface area contributed by atoms with Crippen LogP contribution in [0.25, 0.3) is 0 Å². The van der Waals surface area contributed by atoms with Crippen LogP contribution < -0.4 is 10.9 Å². The number of nitrogens with zero attached hydrogens (tertiary/aromatic N) is 1. The lowest BCUT2D eigenvalue weighted by Crippen LogP contribution is -2.16. The molecule has 152 valence electrons. The largest absolute Gasteiger partial charge is 0.508 e. The van der Waals surface area contributed by atoms with E-state index in [4.69, 9.17) is 10.9 Å². The summed E-state index contributed by atoms with van der Waals surface area (Å²) in [6, 6.07) is 5.67. The summed E-state index contributed by atoms with van der Waals surface area (Å²) in [7, 11) is 0.0978. The first-order valence-corrected chi connectivity index (χ1v) is 12.2. The Labute approximate surface area is 174 Å². The quantitative estimate of drug-likeness (QED) is 0.625. The van der Waals surface area contributed by atoms with Crippen molar-refractivity contribution in [3.05, 3.63) is 61.4 Å². The monoisotopic (exact) mass is 439 g/mol. The number of primary sulfonamides is 1. The van der Waals surface area contributed by atoms with E-state index in [9.17, 15) is 13.5 Å². The van der Waals surface area contributed by atoms with E-state index in [1.54, 1.807) is 17.8 Å². The first kappa shape index (κ1) is 21.3. The number of allylic oxidation sites excluding steroid dienone is 4. The van der Waals surface area contributed by atoms with E-state index >= 15 is 0 Å². The molecule has 1 aromatic rings. The molecule has 0 radical (unpaired) electrons. The molecule has 5 N–H and O–H groups in total. The molecule has 0 fully saturated rings. The first-order valence-electron chi connectivity index (χ1n) is 8.85. The minimum absolute atomic E-state index is 0.0681. The predicted octanol–water partition coefficient (Wildman–Crippen LogP) is 2.82. The number of benzene rings is 1. The average Bonchev–Trinajstić information content (AvgIpc) is 2.94. The highest BCUT2D eigenvalue weighted by Gasteiger charge is 2.38. The van der Waals surface area contributed by atoms with Crippen molar-refractivity contribution >= 4 is 33.5 Å². The Bertz CT molecular complexity index is 995. The van der Waals surface area contributed by atoms with Gasteiger partial charge in [-0.2, -0.15) is 0 Å². The molecule has 1 aromatic carbocycles. The number of rotatable bonds is 6. The Kier molecular flexibility index (Phi) is 6.21. The van der Waals surface area contributed by atoms with Gasteiger partial charge in [0.25, 0.3) is 0 Å². The van der Waals surface area contributed by atoms with Crippen LogP contribution in [0.15, 0.2) is 50.3 Å². The van der Waals surface area contributed by atoms with Gasteiger partial charge in [0.15, 0.2) is 0 Å². The van der Waals surface area contributed by atoms with Gasteiger partial charge in [0.2, 0.25) is 10.0 Å². The molecule has 1 unspecified atom stereocenters. The van der Waals surface area contributed by atoms with Crippen LogP contribution in [0.1, 0.15) is 24.5 Å². The lowest BCUT2D eigenvalue weighted by Gasteiger charge is -2.23. The SMILES string of the molecule is CCC1=C2C(N)=C(S(N)(=O)=O)SC2SC(Cc2ccc(O)c(CN(C)C)c2)=C1. The van der Waals surface area contributed by atoms with E-state index in [-0.39, 0.29) is 14.5 Å². The summed E-state index contributed by atoms with van der Waals surface area (Å²) in [6.07, 6.45) is 3.58. The number of thioether (sulfide) groups is 2. The highest BCUT2D eigenvalue weighted by Crippen LogP contribution is 2.53. The van der Waals surface area contributed by atoms with Crippen LogP contribution in [0.3, 0.4) is 0 Å². The number of nitrogens with two attached hydrogens (primary N) is 2. The van der Waals surface area contributed by atoms with Crippen molar-refractivity contribution in [1.82, 2.24) is 4.90 Å². The lowest BCUT2D eigenvalue weighted by molar-refractivity contribution is 0.385. The van der Waals surface area contributed by atoms with Gasteiger partial charge in [-0.25, -0.2) is 13.6 Å². The third-order valence-corrected chi connectivity index (χ3v) is 8.75. The minimum atomic E-state index is -3.83.